The third kappa shape index (κ3) is 1.74. The van der Waals surface area contributed by atoms with Crippen LogP contribution in [0.3, 0.4) is 0 Å². The molecule has 0 bridgehead atoms. The van der Waals surface area contributed by atoms with Gasteiger partial charge in [-0.2, -0.15) is 0 Å². The zero-order chi connectivity index (χ0) is 9.26. The molecule has 1 aromatic heterocycles. The molecule has 0 spiro atoms. The highest BCUT2D eigenvalue weighted by Gasteiger charge is 2.17. The van der Waals surface area contributed by atoms with Crippen LogP contribution in [0.2, 0.25) is 0 Å². The lowest BCUT2D eigenvalue weighted by Crippen LogP contribution is -2.27. The molecule has 2 rings (SSSR count). The van der Waals surface area contributed by atoms with Gasteiger partial charge in [-0.25, -0.2) is 4.98 Å². The second kappa shape index (κ2) is 3.24. The van der Waals surface area contributed by atoms with Crippen LogP contribution in [0.25, 0.3) is 0 Å². The minimum absolute atomic E-state index is 0.634. The maximum atomic E-state index is 5.61. The first-order valence-corrected chi connectivity index (χ1v) is 4.74. The number of pyridine rings is 1. The van der Waals surface area contributed by atoms with Gasteiger partial charge < -0.3 is 11.1 Å². The molecule has 0 atom stereocenters. The Morgan fingerprint density at radius 2 is 2.31 bits per heavy atom. The fraction of sp³-hybridized carbons (Fsp3) is 0.500. The summed E-state index contributed by atoms with van der Waals surface area (Å²) in [6.07, 6.45) is 5.58. The van der Waals surface area contributed by atoms with E-state index in [2.05, 4.69) is 10.3 Å². The van der Waals surface area contributed by atoms with E-state index < -0.39 is 0 Å². The fourth-order valence-corrected chi connectivity index (χ4v) is 1.49. The topological polar surface area (TPSA) is 50.9 Å². The highest BCUT2D eigenvalue weighted by Crippen LogP contribution is 2.24. The number of nitrogens with one attached hydrogen (secondary N) is 1. The summed E-state index contributed by atoms with van der Waals surface area (Å²) in [6.45, 7) is 2.03. The minimum Gasteiger partial charge on any atom is -0.397 e. The van der Waals surface area contributed by atoms with Crippen molar-refractivity contribution in [2.24, 2.45) is 0 Å². The molecule has 0 unspecified atom stereocenters. The molecule has 1 heterocycles. The normalized spacial score (nSPS) is 16.7. The van der Waals surface area contributed by atoms with Crippen LogP contribution in [-0.4, -0.2) is 11.0 Å². The SMILES string of the molecule is Cc1cc(N)cnc1NC1CCC1. The molecule has 0 aliphatic heterocycles. The number of aryl methyl sites for hydroxylation is 1. The number of aromatic nitrogens is 1. The van der Waals surface area contributed by atoms with Crippen LogP contribution < -0.4 is 11.1 Å². The monoisotopic (exact) mass is 177 g/mol. The van der Waals surface area contributed by atoms with Crippen LogP contribution in [-0.2, 0) is 0 Å². The molecule has 1 aliphatic rings. The number of anilines is 2. The molecule has 1 aromatic rings. The van der Waals surface area contributed by atoms with Gasteiger partial charge in [0.2, 0.25) is 0 Å². The van der Waals surface area contributed by atoms with Gasteiger partial charge in [0.05, 0.1) is 11.9 Å². The third-order valence-electron chi connectivity index (χ3n) is 2.55. The standard InChI is InChI=1S/C10H15N3/c1-7-5-8(11)6-12-10(7)13-9-3-2-4-9/h5-6,9H,2-4,11H2,1H3,(H,12,13). The maximum Gasteiger partial charge on any atom is 0.129 e. The van der Waals surface area contributed by atoms with E-state index in [0.29, 0.717) is 6.04 Å². The summed E-state index contributed by atoms with van der Waals surface area (Å²) in [4.78, 5) is 4.26. The van der Waals surface area contributed by atoms with E-state index in [0.717, 1.165) is 17.1 Å². The van der Waals surface area contributed by atoms with Gasteiger partial charge in [-0.15, -0.1) is 0 Å². The molecule has 0 amide bonds. The second-order valence-corrected chi connectivity index (χ2v) is 3.71. The van der Waals surface area contributed by atoms with Crippen molar-refractivity contribution in [2.45, 2.75) is 32.2 Å². The quantitative estimate of drug-likeness (QED) is 0.725. The first-order valence-electron chi connectivity index (χ1n) is 4.74. The van der Waals surface area contributed by atoms with Gasteiger partial charge in [-0.1, -0.05) is 0 Å². The lowest BCUT2D eigenvalue weighted by molar-refractivity contribution is 0.444. The van der Waals surface area contributed by atoms with Crippen molar-refractivity contribution in [3.8, 4) is 0 Å². The Balaban J connectivity index is 2.10. The average molecular weight is 177 g/mol. The van der Waals surface area contributed by atoms with Crippen molar-refractivity contribution in [1.29, 1.82) is 0 Å². The van der Waals surface area contributed by atoms with Crippen LogP contribution in [0.15, 0.2) is 12.3 Å². The lowest BCUT2D eigenvalue weighted by Gasteiger charge is -2.27. The van der Waals surface area contributed by atoms with E-state index >= 15 is 0 Å². The molecular formula is C10H15N3. The summed E-state index contributed by atoms with van der Waals surface area (Å²) in [6, 6.07) is 2.59. The van der Waals surface area contributed by atoms with Gasteiger partial charge in [0.1, 0.15) is 5.82 Å². The van der Waals surface area contributed by atoms with Crippen LogP contribution in [0.1, 0.15) is 24.8 Å². The first-order chi connectivity index (χ1) is 6.25. The summed E-state index contributed by atoms with van der Waals surface area (Å²) < 4.78 is 0. The summed E-state index contributed by atoms with van der Waals surface area (Å²) in [5.74, 6) is 0.985. The Hall–Kier alpha value is -1.25. The molecule has 3 heteroatoms. The van der Waals surface area contributed by atoms with Gasteiger partial charge >= 0.3 is 0 Å². The number of hydrogen-bond donors (Lipinski definition) is 2. The molecular weight excluding hydrogens is 162 g/mol. The number of nitrogen functional groups attached to an aromatic ring is 1. The molecule has 70 valence electrons. The van der Waals surface area contributed by atoms with E-state index in [9.17, 15) is 0 Å². The van der Waals surface area contributed by atoms with Crippen molar-refractivity contribution < 1.29 is 0 Å². The van der Waals surface area contributed by atoms with Crippen LogP contribution in [0.5, 0.6) is 0 Å². The number of nitrogens with two attached hydrogens (primary N) is 1. The number of rotatable bonds is 2. The largest absolute Gasteiger partial charge is 0.397 e. The molecule has 0 aromatic carbocycles. The van der Waals surface area contributed by atoms with Crippen LogP contribution in [0, 0.1) is 6.92 Å². The van der Waals surface area contributed by atoms with Gasteiger partial charge in [-0.05, 0) is 37.8 Å². The lowest BCUT2D eigenvalue weighted by atomic mass is 9.93. The molecule has 0 radical (unpaired) electrons. The predicted molar refractivity (Wildman–Crippen MR) is 54.6 cm³/mol. The summed E-state index contributed by atoms with van der Waals surface area (Å²) in [5, 5.41) is 3.41. The summed E-state index contributed by atoms with van der Waals surface area (Å²) in [7, 11) is 0. The van der Waals surface area contributed by atoms with Crippen LogP contribution in [0.4, 0.5) is 11.5 Å². The molecule has 1 fully saturated rings. The van der Waals surface area contributed by atoms with Gasteiger partial charge in [0.25, 0.3) is 0 Å². The molecule has 1 aliphatic carbocycles. The Kier molecular flexibility index (Phi) is 2.08. The first kappa shape index (κ1) is 8.35. The maximum absolute atomic E-state index is 5.61. The highest BCUT2D eigenvalue weighted by molar-refractivity contribution is 5.51. The van der Waals surface area contributed by atoms with Gasteiger partial charge in [0, 0.05) is 6.04 Å². The molecule has 0 saturated heterocycles. The van der Waals surface area contributed by atoms with Crippen molar-refractivity contribution in [1.82, 2.24) is 4.98 Å². The molecule has 3 N–H and O–H groups in total. The van der Waals surface area contributed by atoms with Gasteiger partial charge in [-0.3, -0.25) is 0 Å². The zero-order valence-electron chi connectivity index (χ0n) is 7.88. The Morgan fingerprint density at radius 3 is 2.85 bits per heavy atom. The van der Waals surface area contributed by atoms with Crippen molar-refractivity contribution >= 4 is 11.5 Å². The third-order valence-corrected chi connectivity index (χ3v) is 2.55. The van der Waals surface area contributed by atoms with E-state index in [4.69, 9.17) is 5.73 Å². The van der Waals surface area contributed by atoms with E-state index in [1.165, 1.54) is 19.3 Å². The molecule has 1 saturated carbocycles. The van der Waals surface area contributed by atoms with Gasteiger partial charge in [0.15, 0.2) is 0 Å². The highest BCUT2D eigenvalue weighted by atomic mass is 15.0. The fourth-order valence-electron chi connectivity index (χ4n) is 1.49. The zero-order valence-corrected chi connectivity index (χ0v) is 7.88. The summed E-state index contributed by atoms with van der Waals surface area (Å²) in [5.41, 5.74) is 7.48. The van der Waals surface area contributed by atoms with Crippen molar-refractivity contribution in [3.05, 3.63) is 17.8 Å². The minimum atomic E-state index is 0.634. The Morgan fingerprint density at radius 1 is 1.54 bits per heavy atom. The van der Waals surface area contributed by atoms with Crippen molar-refractivity contribution in [3.63, 3.8) is 0 Å². The number of hydrogen-bond acceptors (Lipinski definition) is 3. The predicted octanol–water partition coefficient (Wildman–Crippen LogP) is 1.94. The van der Waals surface area contributed by atoms with E-state index in [1.54, 1.807) is 6.20 Å². The Bertz CT molecular complexity index is 305. The van der Waals surface area contributed by atoms with Crippen LogP contribution >= 0.6 is 0 Å². The number of nitrogens with zero attached hydrogens (tertiary/aromatic N) is 1. The van der Waals surface area contributed by atoms with E-state index in [1.807, 2.05) is 13.0 Å². The van der Waals surface area contributed by atoms with Crippen molar-refractivity contribution in [2.75, 3.05) is 11.1 Å². The smallest absolute Gasteiger partial charge is 0.129 e. The average Bonchev–Trinajstić information content (AvgIpc) is 1.99. The summed E-state index contributed by atoms with van der Waals surface area (Å²) >= 11 is 0. The molecule has 13 heavy (non-hydrogen) atoms. The van der Waals surface area contributed by atoms with E-state index in [-0.39, 0.29) is 0 Å². The second-order valence-electron chi connectivity index (χ2n) is 3.71. The Labute approximate surface area is 78.4 Å². The molecule has 3 nitrogen and oxygen atoms in total.